The molecule has 2 aliphatic heterocycles. The maximum atomic E-state index is 14.8. The summed E-state index contributed by atoms with van der Waals surface area (Å²) in [5.74, 6) is 0.822. The van der Waals surface area contributed by atoms with Crippen molar-refractivity contribution in [3.8, 4) is 11.5 Å². The average Bonchev–Trinajstić information content (AvgIpc) is 3.82. The second-order valence-corrected chi connectivity index (χ2v) is 16.0. The molecular formula is C40H37NO10S2. The van der Waals surface area contributed by atoms with Crippen LogP contribution in [0.1, 0.15) is 55.7 Å². The maximum absolute atomic E-state index is 14.8. The highest BCUT2D eigenvalue weighted by Gasteiger charge is 2.32. The van der Waals surface area contributed by atoms with Crippen LogP contribution in [0, 0.1) is 0 Å². The van der Waals surface area contributed by atoms with Gasteiger partial charge in [0.15, 0.2) is 0 Å². The molecule has 0 aromatic heterocycles. The SMILES string of the molecule is O=C(c1c(Cc2ccc(S(=O)(=O)O)cc2)cc(Cc2ccc(S(=O)(=O)O)cc2)cc1OCc1ccccc1)N1Cc2cccc(OC3CCOC3)c2C1. The van der Waals surface area contributed by atoms with Crippen LogP contribution in [0.4, 0.5) is 0 Å². The minimum absolute atomic E-state index is 0.0557. The van der Waals surface area contributed by atoms with Gasteiger partial charge in [-0.05, 0) is 82.6 Å². The van der Waals surface area contributed by atoms with Gasteiger partial charge in [0.25, 0.3) is 26.1 Å². The summed E-state index contributed by atoms with van der Waals surface area (Å²) in [6, 6.07) is 30.8. The Bertz CT molecular complexity index is 2340. The quantitative estimate of drug-likeness (QED) is 0.139. The fourth-order valence-corrected chi connectivity index (χ4v) is 7.63. The number of hydrogen-bond donors (Lipinski definition) is 2. The Morgan fingerprint density at radius 3 is 2.00 bits per heavy atom. The molecule has 274 valence electrons. The monoisotopic (exact) mass is 755 g/mol. The van der Waals surface area contributed by atoms with Crippen LogP contribution in [0.15, 0.2) is 119 Å². The van der Waals surface area contributed by atoms with Crippen molar-refractivity contribution in [1.82, 2.24) is 4.90 Å². The Morgan fingerprint density at radius 2 is 1.38 bits per heavy atom. The smallest absolute Gasteiger partial charge is 0.294 e. The molecule has 11 nitrogen and oxygen atoms in total. The number of nitrogens with zero attached hydrogens (tertiary/aromatic N) is 1. The van der Waals surface area contributed by atoms with E-state index in [4.69, 9.17) is 14.2 Å². The summed E-state index contributed by atoms with van der Waals surface area (Å²) in [7, 11) is -8.78. The molecule has 2 heterocycles. The Balaban J connectivity index is 1.28. The predicted octanol–water partition coefficient (Wildman–Crippen LogP) is 6.26. The van der Waals surface area contributed by atoms with Crippen molar-refractivity contribution >= 4 is 26.1 Å². The van der Waals surface area contributed by atoms with Crippen LogP contribution in [-0.2, 0) is 57.5 Å². The molecule has 13 heteroatoms. The van der Waals surface area contributed by atoms with Crippen molar-refractivity contribution in [2.45, 2.75) is 54.9 Å². The van der Waals surface area contributed by atoms with E-state index < -0.39 is 20.2 Å². The minimum atomic E-state index is -4.41. The van der Waals surface area contributed by atoms with E-state index >= 15 is 0 Å². The second kappa shape index (κ2) is 15.1. The van der Waals surface area contributed by atoms with E-state index in [1.54, 1.807) is 29.2 Å². The molecule has 0 radical (unpaired) electrons. The van der Waals surface area contributed by atoms with E-state index in [-0.39, 0.29) is 34.8 Å². The van der Waals surface area contributed by atoms with Gasteiger partial charge in [0, 0.05) is 18.5 Å². The van der Waals surface area contributed by atoms with Gasteiger partial charge in [-0.2, -0.15) is 16.8 Å². The molecule has 2 N–H and O–H groups in total. The highest BCUT2D eigenvalue weighted by Crippen LogP contribution is 2.37. The molecule has 5 aromatic carbocycles. The Hall–Kier alpha value is -5.05. The summed E-state index contributed by atoms with van der Waals surface area (Å²) in [6.45, 7) is 2.01. The van der Waals surface area contributed by atoms with Gasteiger partial charge in [0.1, 0.15) is 24.2 Å². The fraction of sp³-hybridized carbons (Fsp3) is 0.225. The van der Waals surface area contributed by atoms with Gasteiger partial charge < -0.3 is 19.1 Å². The summed E-state index contributed by atoms with van der Waals surface area (Å²) in [4.78, 5) is 16.1. The lowest BCUT2D eigenvalue weighted by atomic mass is 9.93. The van der Waals surface area contributed by atoms with Gasteiger partial charge in [-0.1, -0.05) is 72.8 Å². The second-order valence-electron chi connectivity index (χ2n) is 13.2. The van der Waals surface area contributed by atoms with Crippen LogP contribution in [0.25, 0.3) is 0 Å². The summed E-state index contributed by atoms with van der Waals surface area (Å²) < 4.78 is 84.1. The first-order valence-electron chi connectivity index (χ1n) is 17.0. The van der Waals surface area contributed by atoms with E-state index in [0.29, 0.717) is 55.2 Å². The van der Waals surface area contributed by atoms with Gasteiger partial charge in [-0.25, -0.2) is 0 Å². The van der Waals surface area contributed by atoms with Crippen molar-refractivity contribution in [1.29, 1.82) is 0 Å². The lowest BCUT2D eigenvalue weighted by Crippen LogP contribution is -2.27. The molecule has 1 atom stereocenters. The van der Waals surface area contributed by atoms with E-state index in [2.05, 4.69) is 0 Å². The summed E-state index contributed by atoms with van der Waals surface area (Å²) in [5.41, 5.74) is 6.00. The minimum Gasteiger partial charge on any atom is -0.488 e. The predicted molar refractivity (Wildman–Crippen MR) is 195 cm³/mol. The highest BCUT2D eigenvalue weighted by atomic mass is 32.2. The standard InChI is InChI=1S/C40H37NO10S2/c42-40(41-23-31-7-4-8-37(36(31)24-41)51-33-17-18-49-26-33)39-32(20-28-11-15-35(16-12-28)53(46,47)48)21-30(19-27-9-13-34(14-10-27)52(43,44)45)22-38(39)50-25-29-5-2-1-3-6-29/h1-16,21-22,33H,17-20,23-26H2,(H,43,44,45)(H,46,47,48). The summed E-state index contributed by atoms with van der Waals surface area (Å²) in [6.07, 6.45) is 1.30. The lowest BCUT2D eigenvalue weighted by Gasteiger charge is -2.22. The van der Waals surface area contributed by atoms with Crippen molar-refractivity contribution < 1.29 is 44.9 Å². The molecule has 1 saturated heterocycles. The number of carbonyl (C=O) groups is 1. The highest BCUT2D eigenvalue weighted by molar-refractivity contribution is 7.86. The van der Waals surface area contributed by atoms with Crippen LogP contribution in [0.2, 0.25) is 0 Å². The van der Waals surface area contributed by atoms with Crippen molar-refractivity contribution in [2.24, 2.45) is 0 Å². The topological polar surface area (TPSA) is 157 Å². The van der Waals surface area contributed by atoms with Gasteiger partial charge in [0.2, 0.25) is 0 Å². The van der Waals surface area contributed by atoms with E-state index in [1.165, 1.54) is 24.3 Å². The number of fused-ring (bicyclic) bond motifs is 1. The molecule has 2 aliphatic rings. The molecule has 1 fully saturated rings. The van der Waals surface area contributed by atoms with Crippen molar-refractivity contribution in [2.75, 3.05) is 13.2 Å². The van der Waals surface area contributed by atoms with Crippen LogP contribution < -0.4 is 9.47 Å². The molecule has 7 rings (SSSR count). The van der Waals surface area contributed by atoms with Crippen molar-refractivity contribution in [3.63, 3.8) is 0 Å². The zero-order chi connectivity index (χ0) is 37.2. The summed E-state index contributed by atoms with van der Waals surface area (Å²) >= 11 is 0. The zero-order valence-electron chi connectivity index (χ0n) is 28.6. The van der Waals surface area contributed by atoms with E-state index in [9.17, 15) is 30.7 Å². The van der Waals surface area contributed by atoms with Gasteiger partial charge in [0.05, 0.1) is 35.1 Å². The van der Waals surface area contributed by atoms with Crippen LogP contribution in [-0.4, -0.2) is 56.1 Å². The third-order valence-corrected chi connectivity index (χ3v) is 11.1. The van der Waals surface area contributed by atoms with Crippen LogP contribution in [0.5, 0.6) is 11.5 Å². The Morgan fingerprint density at radius 1 is 0.717 bits per heavy atom. The number of amides is 1. The summed E-state index contributed by atoms with van der Waals surface area (Å²) in [5, 5.41) is 0. The average molecular weight is 756 g/mol. The number of rotatable bonds is 12. The van der Waals surface area contributed by atoms with Crippen molar-refractivity contribution in [3.05, 3.63) is 154 Å². The van der Waals surface area contributed by atoms with E-state index in [1.807, 2.05) is 60.7 Å². The molecule has 5 aromatic rings. The maximum Gasteiger partial charge on any atom is 0.294 e. The largest absolute Gasteiger partial charge is 0.488 e. The molecule has 53 heavy (non-hydrogen) atoms. The molecule has 0 saturated carbocycles. The fourth-order valence-electron chi connectivity index (χ4n) is 6.67. The van der Waals surface area contributed by atoms with Crippen LogP contribution in [0.3, 0.4) is 0 Å². The Kier molecular flexibility index (Phi) is 10.4. The van der Waals surface area contributed by atoms with Crippen LogP contribution >= 0.6 is 0 Å². The third kappa shape index (κ3) is 8.61. The molecule has 1 amide bonds. The number of carbonyl (C=O) groups excluding carboxylic acids is 1. The molecule has 1 unspecified atom stereocenters. The van der Waals surface area contributed by atoms with Gasteiger partial charge in [-0.3, -0.25) is 13.9 Å². The number of ether oxygens (including phenoxy) is 3. The van der Waals surface area contributed by atoms with Gasteiger partial charge >= 0.3 is 0 Å². The first-order chi connectivity index (χ1) is 25.4. The molecule has 0 aliphatic carbocycles. The molecule has 0 bridgehead atoms. The number of benzene rings is 5. The molecular weight excluding hydrogens is 719 g/mol. The first kappa shape index (κ1) is 36.3. The molecule has 0 spiro atoms. The first-order valence-corrected chi connectivity index (χ1v) is 19.9. The normalized spacial score (nSPS) is 15.7. The zero-order valence-corrected chi connectivity index (χ0v) is 30.2. The number of hydrogen-bond acceptors (Lipinski definition) is 8. The van der Waals surface area contributed by atoms with E-state index in [0.717, 1.165) is 40.0 Å². The third-order valence-electron chi connectivity index (χ3n) is 9.35. The lowest BCUT2D eigenvalue weighted by molar-refractivity contribution is 0.0744. The Labute approximate surface area is 308 Å². The van der Waals surface area contributed by atoms with Gasteiger partial charge in [-0.15, -0.1) is 0 Å².